The second-order valence-electron chi connectivity index (χ2n) is 15.9. The van der Waals surface area contributed by atoms with E-state index in [2.05, 4.69) is 25.6 Å². The Morgan fingerprint density at radius 2 is 1.75 bits per heavy atom. The zero-order chi connectivity index (χ0) is 42.1. The highest BCUT2D eigenvalue weighted by Gasteiger charge is 2.31. The van der Waals surface area contributed by atoms with Crippen LogP contribution in [0.3, 0.4) is 0 Å². The van der Waals surface area contributed by atoms with Crippen LogP contribution in [0.25, 0.3) is 22.0 Å². The molecule has 0 aliphatic carbocycles. The van der Waals surface area contributed by atoms with E-state index < -0.39 is 23.6 Å². The second kappa shape index (κ2) is 17.0. The summed E-state index contributed by atoms with van der Waals surface area (Å²) in [5.74, 6) is -1.74. The molecule has 2 aromatic heterocycles. The van der Waals surface area contributed by atoms with E-state index in [-0.39, 0.29) is 41.3 Å². The van der Waals surface area contributed by atoms with Gasteiger partial charge in [-0.1, -0.05) is 12.1 Å². The van der Waals surface area contributed by atoms with Crippen LogP contribution >= 0.6 is 0 Å². The van der Waals surface area contributed by atoms with Crippen molar-refractivity contribution < 1.29 is 32.7 Å². The molecule has 1 unspecified atom stereocenters. The van der Waals surface area contributed by atoms with Gasteiger partial charge in [0, 0.05) is 114 Å². The van der Waals surface area contributed by atoms with Gasteiger partial charge in [0.2, 0.25) is 17.7 Å². The van der Waals surface area contributed by atoms with Crippen LogP contribution in [0, 0.1) is 11.6 Å². The predicted octanol–water partition coefficient (Wildman–Crippen LogP) is 5.36. The molecular weight excluding hydrogens is 773 g/mol. The van der Waals surface area contributed by atoms with Crippen molar-refractivity contribution in [3.63, 3.8) is 0 Å². The molecule has 0 bridgehead atoms. The number of carbonyl (C=O) groups is 4. The summed E-state index contributed by atoms with van der Waals surface area (Å²) in [7, 11) is 4.80. The molecule has 3 saturated heterocycles. The second-order valence-corrected chi connectivity index (χ2v) is 15.9. The number of amides is 4. The molecular formula is C44H49F2N9O5. The van der Waals surface area contributed by atoms with Gasteiger partial charge in [0.1, 0.15) is 23.3 Å². The van der Waals surface area contributed by atoms with E-state index in [9.17, 15) is 19.2 Å². The fourth-order valence-electron chi connectivity index (χ4n) is 8.57. The number of H-pyrrole nitrogens is 1. The number of methoxy groups -OCH3 is 1. The summed E-state index contributed by atoms with van der Waals surface area (Å²) in [4.78, 5) is 60.8. The maximum Gasteiger partial charge on any atom is 0.269 e. The highest BCUT2D eigenvalue weighted by molar-refractivity contribution is 6.04. The van der Waals surface area contributed by atoms with Gasteiger partial charge in [-0.2, -0.15) is 5.10 Å². The topological polar surface area (TPSA) is 148 Å². The molecule has 314 valence electrons. The molecule has 0 radical (unpaired) electrons. The van der Waals surface area contributed by atoms with Gasteiger partial charge < -0.3 is 34.6 Å². The SMILES string of the molecule is COc1cc(N2CCN(c3ccc(-c4cc([C@H]5CCCN(C(=O)CCn6cccn6)C5)c(F)c5[nH]c(C(=O)N(C)C)cc45)cc3)CC2)c(F)cc1NC1CCC(=O)NC1=O. The number of hydrogen-bond donors (Lipinski definition) is 3. The smallest absolute Gasteiger partial charge is 0.269 e. The number of ether oxygens (including phenoxy) is 1. The number of hydrogen-bond acceptors (Lipinski definition) is 9. The third-order valence-corrected chi connectivity index (χ3v) is 11.8. The molecule has 60 heavy (non-hydrogen) atoms. The van der Waals surface area contributed by atoms with Crippen molar-refractivity contribution >= 4 is 51.6 Å². The fraction of sp³-hybridized carbons (Fsp3) is 0.386. The summed E-state index contributed by atoms with van der Waals surface area (Å²) in [5.41, 5.74) is 4.41. The lowest BCUT2D eigenvalue weighted by molar-refractivity contribution is -0.134. The Kier molecular flexibility index (Phi) is 11.4. The Bertz CT molecular complexity index is 2410. The monoisotopic (exact) mass is 821 g/mol. The number of rotatable bonds is 11. The van der Waals surface area contributed by atoms with Crippen molar-refractivity contribution in [2.45, 2.75) is 50.6 Å². The molecule has 0 spiro atoms. The van der Waals surface area contributed by atoms with Crippen LogP contribution in [-0.2, 0) is 20.9 Å². The molecule has 3 aromatic carbocycles. The zero-order valence-electron chi connectivity index (χ0n) is 34.0. The number of likely N-dealkylation sites (tertiary alicyclic amines) is 1. The standard InChI is InChI=1S/C44H49F2N9O5/c1-51(2)44(59)36-23-32-30(22-31(41(46)42(32)49-36)28-6-4-15-54(26-28)40(57)13-17-55-16-5-14-47-55)27-7-9-29(10-8-27)52-18-20-53(21-19-52)37-25-38(60-3)35(24-33(37)45)48-34-11-12-39(56)50-43(34)58/h5,7-10,14,16,22-25,28,34,48-49H,4,6,11-13,15,17-21,26H2,1-3H3,(H,50,56,58)/t28-,34?/m0/s1. The van der Waals surface area contributed by atoms with Crippen LogP contribution in [0.2, 0.25) is 0 Å². The highest BCUT2D eigenvalue weighted by atomic mass is 19.1. The fourth-order valence-corrected chi connectivity index (χ4v) is 8.57. The molecule has 5 aromatic rings. The van der Waals surface area contributed by atoms with E-state index >= 15 is 8.78 Å². The minimum absolute atomic E-state index is 0.00849. The van der Waals surface area contributed by atoms with Crippen LogP contribution in [0.4, 0.5) is 25.8 Å². The zero-order valence-corrected chi connectivity index (χ0v) is 34.0. The third-order valence-electron chi connectivity index (χ3n) is 11.8. The Hall–Kier alpha value is -6.45. The largest absolute Gasteiger partial charge is 0.495 e. The number of piperidine rings is 2. The van der Waals surface area contributed by atoms with Crippen LogP contribution in [-0.4, -0.2) is 115 Å². The van der Waals surface area contributed by atoms with Crippen LogP contribution in [0.1, 0.15) is 54.1 Å². The van der Waals surface area contributed by atoms with E-state index in [0.717, 1.165) is 29.7 Å². The maximum atomic E-state index is 16.6. The number of anilines is 3. The molecule has 3 fully saturated rings. The molecule has 14 nitrogen and oxygen atoms in total. The molecule has 2 atom stereocenters. The number of carbonyl (C=O) groups excluding carboxylic acids is 4. The molecule has 3 N–H and O–H groups in total. The van der Waals surface area contributed by atoms with E-state index in [4.69, 9.17) is 4.74 Å². The lowest BCUT2D eigenvalue weighted by Crippen LogP contribution is -2.47. The first-order valence-electron chi connectivity index (χ1n) is 20.4. The maximum absolute atomic E-state index is 16.6. The van der Waals surface area contributed by atoms with Gasteiger partial charge in [-0.3, -0.25) is 29.2 Å². The van der Waals surface area contributed by atoms with Crippen molar-refractivity contribution in [2.24, 2.45) is 0 Å². The van der Waals surface area contributed by atoms with Gasteiger partial charge in [0.25, 0.3) is 5.91 Å². The van der Waals surface area contributed by atoms with Gasteiger partial charge >= 0.3 is 0 Å². The summed E-state index contributed by atoms with van der Waals surface area (Å²) in [6.45, 7) is 3.81. The molecule has 0 saturated carbocycles. The first-order chi connectivity index (χ1) is 29.0. The number of piperazine rings is 1. The summed E-state index contributed by atoms with van der Waals surface area (Å²) in [6, 6.07) is 15.8. The number of nitrogens with one attached hydrogen (secondary N) is 3. The molecule has 16 heteroatoms. The molecule has 4 amide bonds. The van der Waals surface area contributed by atoms with E-state index in [1.54, 1.807) is 37.1 Å². The van der Waals surface area contributed by atoms with Crippen LogP contribution < -0.4 is 25.2 Å². The van der Waals surface area contributed by atoms with Gasteiger partial charge in [0.15, 0.2) is 5.82 Å². The summed E-state index contributed by atoms with van der Waals surface area (Å²) >= 11 is 0. The van der Waals surface area contributed by atoms with Crippen LogP contribution in [0.5, 0.6) is 5.75 Å². The summed E-state index contributed by atoms with van der Waals surface area (Å²) in [6.07, 6.45) is 5.78. The number of benzene rings is 3. The molecule has 5 heterocycles. The van der Waals surface area contributed by atoms with E-state index in [1.165, 1.54) is 18.1 Å². The van der Waals surface area contributed by atoms with Crippen molar-refractivity contribution in [3.8, 4) is 16.9 Å². The average Bonchev–Trinajstić information content (AvgIpc) is 3.96. The Morgan fingerprint density at radius 1 is 0.983 bits per heavy atom. The number of imide groups is 1. The Balaban J connectivity index is 0.997. The minimum Gasteiger partial charge on any atom is -0.495 e. The van der Waals surface area contributed by atoms with E-state index in [1.807, 2.05) is 52.4 Å². The molecule has 8 rings (SSSR count). The lowest BCUT2D eigenvalue weighted by atomic mass is 9.87. The van der Waals surface area contributed by atoms with Crippen molar-refractivity contribution in [1.82, 2.24) is 29.9 Å². The first kappa shape index (κ1) is 40.3. The van der Waals surface area contributed by atoms with E-state index in [0.29, 0.717) is 86.7 Å². The number of aromatic nitrogens is 3. The minimum atomic E-state index is -0.676. The number of aromatic amines is 1. The van der Waals surface area contributed by atoms with Crippen molar-refractivity contribution in [2.75, 3.05) is 75.6 Å². The van der Waals surface area contributed by atoms with Crippen molar-refractivity contribution in [3.05, 3.63) is 89.9 Å². The predicted molar refractivity (Wildman–Crippen MR) is 224 cm³/mol. The van der Waals surface area contributed by atoms with Crippen LogP contribution in [0.15, 0.2) is 67.0 Å². The average molecular weight is 822 g/mol. The first-order valence-corrected chi connectivity index (χ1v) is 20.4. The third kappa shape index (κ3) is 8.23. The van der Waals surface area contributed by atoms with Gasteiger partial charge in [-0.25, -0.2) is 8.78 Å². The molecule has 3 aliphatic rings. The van der Waals surface area contributed by atoms with Gasteiger partial charge in [0.05, 0.1) is 24.0 Å². The summed E-state index contributed by atoms with van der Waals surface area (Å²) < 4.78 is 39.5. The van der Waals surface area contributed by atoms with Gasteiger partial charge in [-0.05, 0) is 66.3 Å². The number of aryl methyl sites for hydroxylation is 1. The Labute approximate surface area is 346 Å². The van der Waals surface area contributed by atoms with Crippen molar-refractivity contribution in [1.29, 1.82) is 0 Å². The quantitative estimate of drug-likeness (QED) is 0.150. The Morgan fingerprint density at radius 3 is 2.45 bits per heavy atom. The summed E-state index contributed by atoms with van der Waals surface area (Å²) in [5, 5.41) is 10.1. The lowest BCUT2D eigenvalue weighted by Gasteiger charge is -2.37. The molecule has 3 aliphatic heterocycles. The highest BCUT2D eigenvalue weighted by Crippen LogP contribution is 2.40. The number of halogens is 2. The number of fused-ring (bicyclic) bond motifs is 1. The number of nitrogens with zero attached hydrogens (tertiary/aromatic N) is 6. The van der Waals surface area contributed by atoms with Gasteiger partial charge in [-0.15, -0.1) is 0 Å². The normalized spacial score (nSPS) is 18.4.